The number of hydrogen-bond donors (Lipinski definition) is 4. The first-order valence-electron chi connectivity index (χ1n) is 7.20. The van der Waals surface area contributed by atoms with Crippen LogP contribution in [0.15, 0.2) is 18.2 Å². The lowest BCUT2D eigenvalue weighted by Gasteiger charge is -2.12. The fourth-order valence-corrected chi connectivity index (χ4v) is 1.81. The van der Waals surface area contributed by atoms with Crippen LogP contribution in [0.5, 0.6) is 11.5 Å². The molecule has 0 aliphatic rings. The van der Waals surface area contributed by atoms with Crippen molar-refractivity contribution in [2.45, 2.75) is 19.6 Å². The van der Waals surface area contributed by atoms with Crippen LogP contribution in [-0.4, -0.2) is 50.5 Å². The van der Waals surface area contributed by atoms with Crippen LogP contribution in [0.4, 0.5) is 0 Å². The van der Waals surface area contributed by atoms with E-state index < -0.39 is 5.91 Å². The van der Waals surface area contributed by atoms with Gasteiger partial charge in [0.15, 0.2) is 18.1 Å². The summed E-state index contributed by atoms with van der Waals surface area (Å²) in [5.74, 6) is 0.522. The van der Waals surface area contributed by atoms with E-state index >= 15 is 0 Å². The molecule has 140 valence electrons. The maximum atomic E-state index is 10.7. The third-order valence-electron chi connectivity index (χ3n) is 2.85. The summed E-state index contributed by atoms with van der Waals surface area (Å²) in [6.45, 7) is 4.40. The average molecular weight is 384 g/mol. The summed E-state index contributed by atoms with van der Waals surface area (Å²) in [5.41, 5.74) is 6.09. The molecule has 1 rings (SSSR count). The van der Waals surface area contributed by atoms with Crippen LogP contribution in [0.2, 0.25) is 0 Å². The second-order valence-electron chi connectivity index (χ2n) is 4.97. The van der Waals surface area contributed by atoms with Gasteiger partial charge in [-0.15, -0.1) is 24.8 Å². The van der Waals surface area contributed by atoms with Crippen LogP contribution in [-0.2, 0) is 11.3 Å². The lowest BCUT2D eigenvalue weighted by atomic mass is 10.2. The highest BCUT2D eigenvalue weighted by molar-refractivity contribution is 5.85. The Morgan fingerprint density at radius 3 is 2.50 bits per heavy atom. The van der Waals surface area contributed by atoms with E-state index in [0.717, 1.165) is 18.7 Å². The van der Waals surface area contributed by atoms with Crippen LogP contribution in [0.1, 0.15) is 12.5 Å². The zero-order chi connectivity index (χ0) is 16.4. The fraction of sp³-hybridized carbons (Fsp3) is 0.533. The van der Waals surface area contributed by atoms with Crippen LogP contribution in [0, 0.1) is 0 Å². The summed E-state index contributed by atoms with van der Waals surface area (Å²) < 4.78 is 10.5. The average Bonchev–Trinajstić information content (AvgIpc) is 2.48. The van der Waals surface area contributed by atoms with E-state index in [0.29, 0.717) is 24.6 Å². The number of methoxy groups -OCH3 is 1. The molecule has 1 aromatic rings. The van der Waals surface area contributed by atoms with Crippen molar-refractivity contribution >= 4 is 30.7 Å². The molecule has 1 aromatic carbocycles. The van der Waals surface area contributed by atoms with Gasteiger partial charge in [0.05, 0.1) is 13.2 Å². The maximum Gasteiger partial charge on any atom is 0.255 e. The summed E-state index contributed by atoms with van der Waals surface area (Å²) in [6, 6.07) is 5.51. The van der Waals surface area contributed by atoms with E-state index in [4.69, 9.17) is 20.3 Å². The molecular formula is C15H27Cl2N3O4. The van der Waals surface area contributed by atoms with Crippen molar-refractivity contribution in [2.75, 3.05) is 33.4 Å². The number of carbonyl (C=O) groups excluding carboxylic acids is 1. The van der Waals surface area contributed by atoms with Crippen molar-refractivity contribution in [3.8, 4) is 11.5 Å². The molecule has 0 saturated carbocycles. The molecule has 0 fully saturated rings. The topological polar surface area (TPSA) is 106 Å². The zero-order valence-corrected chi connectivity index (χ0v) is 15.5. The van der Waals surface area contributed by atoms with Gasteiger partial charge in [0.1, 0.15) is 0 Å². The summed E-state index contributed by atoms with van der Waals surface area (Å²) in [6.07, 6.45) is -0.336. The molecule has 5 N–H and O–H groups in total. The largest absolute Gasteiger partial charge is 0.493 e. The van der Waals surface area contributed by atoms with Gasteiger partial charge in [0, 0.05) is 26.2 Å². The van der Waals surface area contributed by atoms with Crippen molar-refractivity contribution in [3.05, 3.63) is 23.8 Å². The van der Waals surface area contributed by atoms with E-state index in [1.54, 1.807) is 20.1 Å². The van der Waals surface area contributed by atoms with Gasteiger partial charge >= 0.3 is 0 Å². The molecule has 0 aliphatic carbocycles. The second-order valence-corrected chi connectivity index (χ2v) is 4.97. The van der Waals surface area contributed by atoms with Gasteiger partial charge in [-0.05, 0) is 24.6 Å². The van der Waals surface area contributed by atoms with E-state index in [9.17, 15) is 4.79 Å². The number of primary amides is 1. The first kappa shape index (κ1) is 25.0. The van der Waals surface area contributed by atoms with Crippen LogP contribution < -0.4 is 25.8 Å². The third kappa shape index (κ3) is 10.5. The fourth-order valence-electron chi connectivity index (χ4n) is 1.81. The Kier molecular flexibility index (Phi) is 14.7. The van der Waals surface area contributed by atoms with Crippen molar-refractivity contribution in [1.29, 1.82) is 0 Å². The molecule has 24 heavy (non-hydrogen) atoms. The normalized spacial score (nSPS) is 11.0. The molecule has 0 radical (unpaired) electrons. The predicted octanol–water partition coefficient (Wildman–Crippen LogP) is 0.463. The first-order chi connectivity index (χ1) is 10.5. The number of ether oxygens (including phenoxy) is 2. The van der Waals surface area contributed by atoms with Gasteiger partial charge in [-0.25, -0.2) is 0 Å². The third-order valence-corrected chi connectivity index (χ3v) is 2.85. The molecule has 0 aliphatic heterocycles. The number of halogens is 2. The van der Waals surface area contributed by atoms with Crippen molar-refractivity contribution < 1.29 is 19.4 Å². The van der Waals surface area contributed by atoms with Gasteiger partial charge in [0.2, 0.25) is 0 Å². The molecule has 0 heterocycles. The van der Waals surface area contributed by atoms with Gasteiger partial charge in [0.25, 0.3) is 5.91 Å². The van der Waals surface area contributed by atoms with Crippen LogP contribution >= 0.6 is 24.8 Å². The lowest BCUT2D eigenvalue weighted by molar-refractivity contribution is -0.119. The number of benzene rings is 1. The second kappa shape index (κ2) is 14.1. The van der Waals surface area contributed by atoms with E-state index in [1.165, 1.54) is 0 Å². The molecule has 0 saturated heterocycles. The van der Waals surface area contributed by atoms with Gasteiger partial charge in [-0.1, -0.05) is 6.07 Å². The minimum atomic E-state index is -0.530. The molecular weight excluding hydrogens is 357 g/mol. The highest BCUT2D eigenvalue weighted by Gasteiger charge is 2.07. The van der Waals surface area contributed by atoms with Crippen LogP contribution in [0.25, 0.3) is 0 Å². The quantitative estimate of drug-likeness (QED) is 0.413. The van der Waals surface area contributed by atoms with Crippen molar-refractivity contribution in [1.82, 2.24) is 10.6 Å². The maximum absolute atomic E-state index is 10.7. The highest BCUT2D eigenvalue weighted by Crippen LogP contribution is 2.27. The molecule has 7 nitrogen and oxygen atoms in total. The van der Waals surface area contributed by atoms with Gasteiger partial charge in [-0.3, -0.25) is 4.79 Å². The first-order valence-corrected chi connectivity index (χ1v) is 7.20. The molecule has 0 aromatic heterocycles. The monoisotopic (exact) mass is 383 g/mol. The number of nitrogens with one attached hydrogen (secondary N) is 2. The smallest absolute Gasteiger partial charge is 0.255 e. The Balaban J connectivity index is 0. The standard InChI is InChI=1S/C15H25N3O4.2ClH/c1-11(19)8-17-5-6-18-9-12-3-4-13(14(7-12)21-2)22-10-15(16)20;;/h3-4,7,11,17-19H,5-6,8-10H2,1-2H3,(H2,16,20);2*1H. The number of amides is 1. The summed E-state index contributed by atoms with van der Waals surface area (Å²) in [4.78, 5) is 10.7. The Morgan fingerprint density at radius 1 is 1.25 bits per heavy atom. The Hall–Kier alpha value is -1.25. The van der Waals surface area contributed by atoms with E-state index in [1.807, 2.05) is 12.1 Å². The lowest BCUT2D eigenvalue weighted by Crippen LogP contribution is -2.31. The Bertz CT molecular complexity index is 476. The summed E-state index contributed by atoms with van der Waals surface area (Å²) in [7, 11) is 1.55. The summed E-state index contributed by atoms with van der Waals surface area (Å²) >= 11 is 0. The van der Waals surface area contributed by atoms with E-state index in [-0.39, 0.29) is 37.5 Å². The van der Waals surface area contributed by atoms with Crippen molar-refractivity contribution in [3.63, 3.8) is 0 Å². The minimum Gasteiger partial charge on any atom is -0.493 e. The van der Waals surface area contributed by atoms with E-state index in [2.05, 4.69) is 10.6 Å². The number of rotatable bonds is 11. The molecule has 1 amide bonds. The van der Waals surface area contributed by atoms with Crippen LogP contribution in [0.3, 0.4) is 0 Å². The van der Waals surface area contributed by atoms with Crippen molar-refractivity contribution in [2.24, 2.45) is 5.73 Å². The Labute approximate surface area is 155 Å². The number of aliphatic hydroxyl groups is 1. The molecule has 9 heteroatoms. The number of aliphatic hydroxyl groups excluding tert-OH is 1. The van der Waals surface area contributed by atoms with Gasteiger partial charge in [-0.2, -0.15) is 0 Å². The zero-order valence-electron chi connectivity index (χ0n) is 13.9. The molecule has 1 atom stereocenters. The Morgan fingerprint density at radius 2 is 1.92 bits per heavy atom. The molecule has 0 spiro atoms. The molecule has 1 unspecified atom stereocenters. The number of carbonyl (C=O) groups is 1. The minimum absolute atomic E-state index is 0. The molecule has 0 bridgehead atoms. The highest BCUT2D eigenvalue weighted by atomic mass is 35.5. The predicted molar refractivity (Wildman–Crippen MR) is 98.4 cm³/mol. The number of hydrogen-bond acceptors (Lipinski definition) is 6. The number of nitrogens with two attached hydrogens (primary N) is 1. The summed E-state index contributed by atoms with van der Waals surface area (Å²) in [5, 5.41) is 15.5. The van der Waals surface area contributed by atoms with Gasteiger partial charge < -0.3 is 30.9 Å². The SMILES string of the molecule is COc1cc(CNCCNCC(C)O)ccc1OCC(N)=O.Cl.Cl.